The molecule has 0 saturated heterocycles. The Labute approximate surface area is 157 Å². The van der Waals surface area contributed by atoms with E-state index in [1.807, 2.05) is 0 Å². The molecule has 0 aromatic heterocycles. The molecule has 1 aliphatic rings. The Kier molecular flexibility index (Phi) is 5.67. The number of ether oxygens (including phenoxy) is 2. The van der Waals surface area contributed by atoms with Gasteiger partial charge in [0.2, 0.25) is 0 Å². The number of allylic oxidation sites excluding steroid dienone is 1. The molecule has 0 aliphatic heterocycles. The molecule has 1 aromatic rings. The van der Waals surface area contributed by atoms with Crippen LogP contribution >= 0.6 is 23.2 Å². The summed E-state index contributed by atoms with van der Waals surface area (Å²) in [4.78, 5) is 12.5. The third-order valence-corrected chi connectivity index (χ3v) is 5.27. The van der Waals surface area contributed by atoms with Crippen LogP contribution in [0.2, 0.25) is 0 Å². The van der Waals surface area contributed by atoms with Gasteiger partial charge in [-0.15, -0.1) is 0 Å². The SMILES string of the molecule is COCc1c(F)c(F)c(C2(C(=O)OC)C(C=C(Cl)Cl)C2(C)C)c(F)c1F. The van der Waals surface area contributed by atoms with Crippen molar-refractivity contribution in [1.29, 1.82) is 0 Å². The van der Waals surface area contributed by atoms with Gasteiger partial charge < -0.3 is 9.47 Å². The molecule has 1 aromatic carbocycles. The fraction of sp³-hybridized carbons (Fsp3) is 0.471. The van der Waals surface area contributed by atoms with Gasteiger partial charge in [0.15, 0.2) is 23.3 Å². The lowest BCUT2D eigenvalue weighted by Crippen LogP contribution is -2.32. The van der Waals surface area contributed by atoms with Crippen molar-refractivity contribution < 1.29 is 31.8 Å². The fourth-order valence-corrected chi connectivity index (χ4v) is 3.94. The van der Waals surface area contributed by atoms with Gasteiger partial charge in [-0.25, -0.2) is 17.6 Å². The van der Waals surface area contributed by atoms with E-state index in [0.29, 0.717) is 0 Å². The molecule has 9 heteroatoms. The third kappa shape index (κ3) is 2.72. The molecule has 1 aliphatic carbocycles. The first-order valence-corrected chi connectivity index (χ1v) is 8.21. The highest BCUT2D eigenvalue weighted by Crippen LogP contribution is 2.71. The molecule has 3 nitrogen and oxygen atoms in total. The summed E-state index contributed by atoms with van der Waals surface area (Å²) in [6, 6.07) is 0. The number of carbonyl (C=O) groups is 1. The van der Waals surface area contributed by atoms with E-state index < -0.39 is 63.7 Å². The minimum Gasteiger partial charge on any atom is -0.468 e. The zero-order valence-corrected chi connectivity index (χ0v) is 15.9. The maximum Gasteiger partial charge on any atom is 0.317 e. The van der Waals surface area contributed by atoms with Crippen LogP contribution in [0.3, 0.4) is 0 Å². The maximum absolute atomic E-state index is 14.8. The molecule has 0 bridgehead atoms. The van der Waals surface area contributed by atoms with Crippen molar-refractivity contribution in [2.24, 2.45) is 11.3 Å². The van der Waals surface area contributed by atoms with E-state index in [2.05, 4.69) is 9.47 Å². The van der Waals surface area contributed by atoms with Crippen molar-refractivity contribution in [3.05, 3.63) is 45.0 Å². The van der Waals surface area contributed by atoms with Gasteiger partial charge in [0.25, 0.3) is 0 Å². The molecule has 0 heterocycles. The molecule has 144 valence electrons. The highest BCUT2D eigenvalue weighted by atomic mass is 35.5. The van der Waals surface area contributed by atoms with E-state index >= 15 is 0 Å². The van der Waals surface area contributed by atoms with Crippen LogP contribution in [-0.2, 0) is 26.3 Å². The van der Waals surface area contributed by atoms with E-state index in [9.17, 15) is 22.4 Å². The van der Waals surface area contributed by atoms with Crippen molar-refractivity contribution in [3.8, 4) is 0 Å². The van der Waals surface area contributed by atoms with Crippen molar-refractivity contribution >= 4 is 29.2 Å². The summed E-state index contributed by atoms with van der Waals surface area (Å²) in [5, 5.41) is 0. The number of methoxy groups -OCH3 is 2. The van der Waals surface area contributed by atoms with Crippen molar-refractivity contribution in [2.75, 3.05) is 14.2 Å². The second kappa shape index (κ2) is 7.02. The summed E-state index contributed by atoms with van der Waals surface area (Å²) in [5.41, 5.74) is -5.16. The Morgan fingerprint density at radius 1 is 1.08 bits per heavy atom. The number of benzene rings is 1. The van der Waals surface area contributed by atoms with Gasteiger partial charge in [-0.2, -0.15) is 0 Å². The number of carbonyl (C=O) groups excluding carboxylic acids is 1. The Morgan fingerprint density at radius 3 is 1.96 bits per heavy atom. The molecule has 0 N–H and O–H groups in total. The molecule has 1 fully saturated rings. The molecule has 0 radical (unpaired) electrons. The largest absolute Gasteiger partial charge is 0.468 e. The summed E-state index contributed by atoms with van der Waals surface area (Å²) < 4.78 is 67.3. The zero-order valence-electron chi connectivity index (χ0n) is 14.4. The summed E-state index contributed by atoms with van der Waals surface area (Å²) in [6.45, 7) is 2.29. The van der Waals surface area contributed by atoms with Crippen LogP contribution in [0.15, 0.2) is 10.6 Å². The van der Waals surface area contributed by atoms with E-state index in [0.717, 1.165) is 14.2 Å². The van der Waals surface area contributed by atoms with Gasteiger partial charge in [0, 0.05) is 18.6 Å². The molecule has 1 saturated carbocycles. The van der Waals surface area contributed by atoms with E-state index in [-0.39, 0.29) is 4.49 Å². The first-order valence-electron chi connectivity index (χ1n) is 7.45. The molecular formula is C17H16Cl2F4O3. The van der Waals surface area contributed by atoms with Crippen molar-refractivity contribution in [2.45, 2.75) is 25.9 Å². The van der Waals surface area contributed by atoms with E-state index in [1.165, 1.54) is 19.9 Å². The van der Waals surface area contributed by atoms with Gasteiger partial charge in [0.05, 0.1) is 19.3 Å². The first kappa shape index (κ1) is 21.0. The molecule has 0 spiro atoms. The Hall–Kier alpha value is -1.31. The van der Waals surface area contributed by atoms with Crippen molar-refractivity contribution in [3.63, 3.8) is 0 Å². The van der Waals surface area contributed by atoms with E-state index in [1.54, 1.807) is 0 Å². The highest BCUT2D eigenvalue weighted by molar-refractivity contribution is 6.55. The van der Waals surface area contributed by atoms with Gasteiger partial charge in [-0.3, -0.25) is 4.79 Å². The summed E-state index contributed by atoms with van der Waals surface area (Å²) >= 11 is 11.3. The normalized spacial score (nSPS) is 23.5. The van der Waals surface area contributed by atoms with Crippen LogP contribution in [0.1, 0.15) is 25.0 Å². The third-order valence-electron chi connectivity index (χ3n) is 5.01. The number of esters is 1. The van der Waals surface area contributed by atoms with Crippen LogP contribution in [0.5, 0.6) is 0 Å². The standard InChI is InChI=1S/C17H16Cl2F4O3/c1-16(2)8(5-9(18)19)17(16,15(24)26-4)10-13(22)11(20)7(6-25-3)12(21)14(10)23/h5,8H,6H2,1-4H3. The van der Waals surface area contributed by atoms with E-state index in [4.69, 9.17) is 23.2 Å². The lowest BCUT2D eigenvalue weighted by atomic mass is 9.85. The fourth-order valence-electron chi connectivity index (χ4n) is 3.69. The maximum atomic E-state index is 14.8. The topological polar surface area (TPSA) is 35.5 Å². The lowest BCUT2D eigenvalue weighted by molar-refractivity contribution is -0.145. The number of hydrogen-bond acceptors (Lipinski definition) is 3. The molecular weight excluding hydrogens is 399 g/mol. The number of hydrogen-bond donors (Lipinski definition) is 0. The summed E-state index contributed by atoms with van der Waals surface area (Å²) in [7, 11) is 2.12. The second-order valence-electron chi connectivity index (χ2n) is 6.50. The first-order chi connectivity index (χ1) is 12.0. The predicted molar refractivity (Wildman–Crippen MR) is 87.7 cm³/mol. The van der Waals surface area contributed by atoms with Crippen molar-refractivity contribution in [1.82, 2.24) is 0 Å². The molecule has 2 rings (SSSR count). The minimum absolute atomic E-state index is 0.258. The Bertz CT molecular complexity index is 762. The van der Waals surface area contributed by atoms with Crippen LogP contribution in [0, 0.1) is 34.6 Å². The lowest BCUT2D eigenvalue weighted by Gasteiger charge is -2.21. The predicted octanol–water partition coefficient (Wildman–Crippen LogP) is 4.78. The smallest absolute Gasteiger partial charge is 0.317 e. The van der Waals surface area contributed by atoms with Crippen LogP contribution in [0.4, 0.5) is 17.6 Å². The van der Waals surface area contributed by atoms with Crippen LogP contribution in [0.25, 0.3) is 0 Å². The van der Waals surface area contributed by atoms with Gasteiger partial charge in [-0.05, 0) is 11.5 Å². The Balaban J connectivity index is 2.86. The Morgan fingerprint density at radius 2 is 1.58 bits per heavy atom. The summed E-state index contributed by atoms with van der Waals surface area (Å²) in [6.07, 6.45) is 1.19. The monoisotopic (exact) mass is 414 g/mol. The second-order valence-corrected chi connectivity index (χ2v) is 7.51. The van der Waals surface area contributed by atoms with Crippen LogP contribution in [-0.4, -0.2) is 20.2 Å². The van der Waals surface area contributed by atoms with Gasteiger partial charge in [0.1, 0.15) is 9.91 Å². The minimum atomic E-state index is -2.03. The number of halogens is 6. The molecule has 0 amide bonds. The molecule has 26 heavy (non-hydrogen) atoms. The zero-order chi connectivity index (χ0) is 20.0. The highest BCUT2D eigenvalue weighted by Gasteiger charge is 2.78. The average molecular weight is 415 g/mol. The van der Waals surface area contributed by atoms with Crippen LogP contribution < -0.4 is 0 Å². The summed E-state index contributed by atoms with van der Waals surface area (Å²) in [5.74, 6) is -8.64. The quantitative estimate of drug-likeness (QED) is 0.395. The molecule has 2 atom stereocenters. The van der Waals surface area contributed by atoms with Gasteiger partial charge in [-0.1, -0.05) is 37.0 Å². The average Bonchev–Trinajstić information content (AvgIpc) is 3.04. The number of rotatable bonds is 5. The van der Waals surface area contributed by atoms with Gasteiger partial charge >= 0.3 is 5.97 Å². The molecule has 2 unspecified atom stereocenters.